The van der Waals surface area contributed by atoms with Crippen molar-refractivity contribution >= 4 is 44.7 Å². The SMILES string of the molecule is CCCC1CCC1(C)C(=O)OCN1C(=O)CCc2ccc(OCCCCN3CCN(c4cccc5sccc45)CC3)cc21. The predicted octanol–water partition coefficient (Wildman–Crippen LogP) is 6.88. The number of anilines is 2. The first-order valence-corrected chi connectivity index (χ1v) is 17.0. The summed E-state index contributed by atoms with van der Waals surface area (Å²) in [6, 6.07) is 14.9. The van der Waals surface area contributed by atoms with Crippen molar-refractivity contribution in [1.82, 2.24) is 4.90 Å². The molecule has 2 unspecified atom stereocenters. The summed E-state index contributed by atoms with van der Waals surface area (Å²) in [5, 5.41) is 3.56. The first kappa shape index (κ1) is 29.9. The van der Waals surface area contributed by atoms with E-state index in [1.54, 1.807) is 4.90 Å². The van der Waals surface area contributed by atoms with Crippen molar-refractivity contribution in [2.45, 2.75) is 65.2 Å². The van der Waals surface area contributed by atoms with Crippen LogP contribution in [0.1, 0.15) is 64.4 Å². The molecule has 1 aliphatic carbocycles. The highest BCUT2D eigenvalue weighted by atomic mass is 32.1. The molecule has 2 atom stereocenters. The molecule has 3 heterocycles. The van der Waals surface area contributed by atoms with E-state index in [0.717, 1.165) is 88.2 Å². The molecule has 2 fully saturated rings. The van der Waals surface area contributed by atoms with Gasteiger partial charge < -0.3 is 14.4 Å². The highest BCUT2D eigenvalue weighted by Crippen LogP contribution is 2.49. The van der Waals surface area contributed by atoms with Crippen molar-refractivity contribution in [2.75, 3.05) is 55.9 Å². The quantitative estimate of drug-likeness (QED) is 0.166. The lowest BCUT2D eigenvalue weighted by molar-refractivity contribution is -0.166. The minimum absolute atomic E-state index is 0.00609. The molecule has 230 valence electrons. The molecule has 2 aromatic carbocycles. The van der Waals surface area contributed by atoms with Crippen LogP contribution in [0.25, 0.3) is 10.1 Å². The Morgan fingerprint density at radius 3 is 2.70 bits per heavy atom. The Morgan fingerprint density at radius 2 is 1.91 bits per heavy atom. The summed E-state index contributed by atoms with van der Waals surface area (Å²) < 4.78 is 13.3. The number of rotatable bonds is 12. The zero-order valence-corrected chi connectivity index (χ0v) is 26.5. The molecule has 0 radical (unpaired) electrons. The van der Waals surface area contributed by atoms with Gasteiger partial charge in [0.25, 0.3) is 0 Å². The molecule has 8 heteroatoms. The fourth-order valence-corrected chi connectivity index (χ4v) is 7.80. The van der Waals surface area contributed by atoms with E-state index < -0.39 is 5.41 Å². The van der Waals surface area contributed by atoms with Crippen molar-refractivity contribution in [3.05, 3.63) is 53.4 Å². The number of hydrogen-bond acceptors (Lipinski definition) is 7. The smallest absolute Gasteiger partial charge is 0.313 e. The Labute approximate surface area is 259 Å². The number of thiophene rings is 1. The van der Waals surface area contributed by atoms with Crippen LogP contribution >= 0.6 is 11.3 Å². The van der Waals surface area contributed by atoms with Gasteiger partial charge in [0.15, 0.2) is 6.73 Å². The summed E-state index contributed by atoms with van der Waals surface area (Å²) in [6.07, 6.45) is 7.24. The number of unbranched alkanes of at least 4 members (excludes halogenated alkanes) is 1. The second-order valence-electron chi connectivity index (χ2n) is 12.6. The number of amides is 1. The minimum atomic E-state index is -0.422. The summed E-state index contributed by atoms with van der Waals surface area (Å²) in [5.41, 5.74) is 2.84. The van der Waals surface area contributed by atoms with Gasteiger partial charge in [-0.25, -0.2) is 0 Å². The number of fused-ring (bicyclic) bond motifs is 2. The monoisotopic (exact) mass is 603 g/mol. The van der Waals surface area contributed by atoms with Gasteiger partial charge in [-0.3, -0.25) is 19.4 Å². The fourth-order valence-electron chi connectivity index (χ4n) is 6.99. The van der Waals surface area contributed by atoms with Crippen LogP contribution in [0.4, 0.5) is 11.4 Å². The van der Waals surface area contributed by atoms with Gasteiger partial charge in [0.1, 0.15) is 5.75 Å². The third-order valence-corrected chi connectivity index (χ3v) is 10.8. The van der Waals surface area contributed by atoms with E-state index in [4.69, 9.17) is 9.47 Å². The number of benzene rings is 2. The average molecular weight is 604 g/mol. The molecule has 1 aromatic heterocycles. The van der Waals surface area contributed by atoms with Gasteiger partial charge in [-0.2, -0.15) is 0 Å². The standard InChI is InChI=1S/C35H45N3O4S/c1-3-7-27-14-16-35(27,2)34(40)42-25-38-31-24-28(12-10-26(31)11-13-33(38)39)41-22-5-4-17-36-18-20-37(21-19-36)30-8-6-9-32-29(30)15-23-43-32/h6,8-10,12,15,23-24,27H,3-5,7,11,13-14,16-22,25H2,1-2H3. The van der Waals surface area contributed by atoms with E-state index in [1.165, 1.54) is 15.8 Å². The fraction of sp³-hybridized carbons (Fsp3) is 0.543. The molecule has 3 aromatic rings. The normalized spacial score (nSPS) is 22.4. The number of esters is 1. The van der Waals surface area contributed by atoms with Gasteiger partial charge in [-0.05, 0) is 93.1 Å². The van der Waals surface area contributed by atoms with Crippen molar-refractivity contribution in [1.29, 1.82) is 0 Å². The molecule has 7 nitrogen and oxygen atoms in total. The minimum Gasteiger partial charge on any atom is -0.494 e. The van der Waals surface area contributed by atoms with Crippen LogP contribution in [0.15, 0.2) is 47.8 Å². The second-order valence-corrected chi connectivity index (χ2v) is 13.6. The van der Waals surface area contributed by atoms with Gasteiger partial charge in [-0.15, -0.1) is 11.3 Å². The van der Waals surface area contributed by atoms with Crippen molar-refractivity contribution in [2.24, 2.45) is 11.3 Å². The van der Waals surface area contributed by atoms with Gasteiger partial charge in [0.2, 0.25) is 5.91 Å². The maximum absolute atomic E-state index is 13.0. The van der Waals surface area contributed by atoms with E-state index in [-0.39, 0.29) is 18.6 Å². The van der Waals surface area contributed by atoms with Crippen LogP contribution in [0, 0.1) is 11.3 Å². The Balaban J connectivity index is 0.951. The molecule has 6 rings (SSSR count). The van der Waals surface area contributed by atoms with Crippen LogP contribution in [0.2, 0.25) is 0 Å². The largest absolute Gasteiger partial charge is 0.494 e. The molecule has 1 saturated carbocycles. The average Bonchev–Trinajstić information content (AvgIpc) is 3.51. The first-order chi connectivity index (χ1) is 21.0. The number of carbonyl (C=O) groups is 2. The van der Waals surface area contributed by atoms with E-state index in [0.29, 0.717) is 25.4 Å². The third kappa shape index (κ3) is 6.41. The lowest BCUT2D eigenvalue weighted by Crippen LogP contribution is -2.47. The lowest BCUT2D eigenvalue weighted by atomic mass is 9.60. The molecule has 3 aliphatic rings. The Hall–Kier alpha value is -3.10. The number of piperazine rings is 1. The Kier molecular flexibility index (Phi) is 9.24. The zero-order valence-electron chi connectivity index (χ0n) is 25.7. The van der Waals surface area contributed by atoms with Gasteiger partial charge in [0, 0.05) is 54.4 Å². The second kappa shape index (κ2) is 13.3. The molecule has 0 spiro atoms. The van der Waals surface area contributed by atoms with Crippen LogP contribution in [0.5, 0.6) is 5.75 Å². The molecule has 0 N–H and O–H groups in total. The van der Waals surface area contributed by atoms with Crippen molar-refractivity contribution in [3.8, 4) is 5.75 Å². The zero-order chi connectivity index (χ0) is 29.8. The van der Waals surface area contributed by atoms with E-state index in [1.807, 2.05) is 36.5 Å². The first-order valence-electron chi connectivity index (χ1n) is 16.1. The molecule has 2 aliphatic heterocycles. The van der Waals surface area contributed by atoms with Gasteiger partial charge in [0.05, 0.1) is 17.7 Å². The molecule has 43 heavy (non-hydrogen) atoms. The Morgan fingerprint density at radius 1 is 1.05 bits per heavy atom. The predicted molar refractivity (Wildman–Crippen MR) is 174 cm³/mol. The maximum Gasteiger partial charge on any atom is 0.313 e. The number of carbonyl (C=O) groups excluding carboxylic acids is 2. The Bertz CT molecular complexity index is 1430. The maximum atomic E-state index is 13.0. The van der Waals surface area contributed by atoms with E-state index in [2.05, 4.69) is 46.4 Å². The third-order valence-electron chi connectivity index (χ3n) is 9.92. The molecular formula is C35H45N3O4S. The number of ether oxygens (including phenoxy) is 2. The van der Waals surface area contributed by atoms with E-state index in [9.17, 15) is 9.59 Å². The highest BCUT2D eigenvalue weighted by molar-refractivity contribution is 7.17. The van der Waals surface area contributed by atoms with E-state index >= 15 is 0 Å². The number of hydrogen-bond donors (Lipinski definition) is 0. The topological polar surface area (TPSA) is 62.3 Å². The summed E-state index contributed by atoms with van der Waals surface area (Å²) >= 11 is 1.81. The van der Waals surface area contributed by atoms with Gasteiger partial charge >= 0.3 is 5.97 Å². The molecule has 1 saturated heterocycles. The molecule has 1 amide bonds. The highest BCUT2D eigenvalue weighted by Gasteiger charge is 2.49. The lowest BCUT2D eigenvalue weighted by Gasteiger charge is -2.45. The van der Waals surface area contributed by atoms with Gasteiger partial charge in [-0.1, -0.05) is 25.5 Å². The van der Waals surface area contributed by atoms with Crippen LogP contribution < -0.4 is 14.5 Å². The van der Waals surface area contributed by atoms with Crippen molar-refractivity contribution in [3.63, 3.8) is 0 Å². The number of nitrogens with zero attached hydrogens (tertiary/aromatic N) is 3. The van der Waals surface area contributed by atoms with Crippen LogP contribution in [0.3, 0.4) is 0 Å². The summed E-state index contributed by atoms with van der Waals surface area (Å²) in [6.45, 7) is 10.1. The van der Waals surface area contributed by atoms with Crippen molar-refractivity contribution < 1.29 is 19.1 Å². The summed E-state index contributed by atoms with van der Waals surface area (Å²) in [4.78, 5) is 32.6. The summed E-state index contributed by atoms with van der Waals surface area (Å²) in [5.74, 6) is 0.958. The number of aryl methyl sites for hydroxylation is 1. The van der Waals surface area contributed by atoms with Crippen LogP contribution in [-0.2, 0) is 20.7 Å². The van der Waals surface area contributed by atoms with Crippen LogP contribution in [-0.4, -0.2) is 62.8 Å². The summed E-state index contributed by atoms with van der Waals surface area (Å²) in [7, 11) is 0. The molecule has 0 bridgehead atoms. The molecular weight excluding hydrogens is 558 g/mol.